The van der Waals surface area contributed by atoms with Crippen LogP contribution in [-0.4, -0.2) is 15.6 Å². The monoisotopic (exact) mass is 463 g/mol. The van der Waals surface area contributed by atoms with Crippen molar-refractivity contribution in [3.8, 4) is 0 Å². The molecule has 1 aliphatic rings. The van der Waals surface area contributed by atoms with E-state index in [0.717, 1.165) is 6.39 Å². The molecular weight excluding hydrogens is 459 g/mol. The number of nitrogens with zero attached hydrogens (tertiary/aromatic N) is 4. The fourth-order valence-electron chi connectivity index (χ4n) is 2.33. The topological polar surface area (TPSA) is 89.7 Å². The van der Waals surface area contributed by atoms with Crippen LogP contribution < -0.4 is 5.73 Å². The first-order valence-electron chi connectivity index (χ1n) is 6.88. The summed E-state index contributed by atoms with van der Waals surface area (Å²) in [5.74, 6) is -0.359. The molecule has 0 spiro atoms. The van der Waals surface area contributed by atoms with Gasteiger partial charge in [-0.25, -0.2) is 0 Å². The van der Waals surface area contributed by atoms with E-state index in [-0.39, 0.29) is 5.82 Å². The van der Waals surface area contributed by atoms with E-state index < -0.39 is 60.9 Å². The van der Waals surface area contributed by atoms with Gasteiger partial charge in [0.15, 0.2) is 5.66 Å². The van der Waals surface area contributed by atoms with Gasteiger partial charge in [0, 0.05) is 5.56 Å². The van der Waals surface area contributed by atoms with Gasteiger partial charge < -0.3 is 4.52 Å². The number of hydrogen-bond acceptors (Lipinski definition) is 7. The summed E-state index contributed by atoms with van der Waals surface area (Å²) in [5.41, 5.74) is -3.44. The molecule has 2 heterocycles. The second-order valence-corrected chi connectivity index (χ2v) is 7.15. The van der Waals surface area contributed by atoms with Gasteiger partial charge in [0.25, 0.3) is 0 Å². The smallest absolute Gasteiger partial charge is 0.342 e. The molecule has 0 fully saturated rings. The molecule has 28 heavy (non-hydrogen) atoms. The third-order valence-corrected chi connectivity index (χ3v) is 4.95. The van der Waals surface area contributed by atoms with E-state index in [9.17, 15) is 26.3 Å². The highest BCUT2D eigenvalue weighted by Gasteiger charge is 2.49. The van der Waals surface area contributed by atoms with Crippen LogP contribution in [0.25, 0.3) is 5.70 Å². The number of aromatic nitrogens is 2. The highest BCUT2D eigenvalue weighted by atomic mass is 35.5. The van der Waals surface area contributed by atoms with Crippen molar-refractivity contribution in [1.29, 1.82) is 0 Å². The van der Waals surface area contributed by atoms with Crippen molar-refractivity contribution in [2.75, 3.05) is 0 Å². The largest absolute Gasteiger partial charge is 0.446 e. The standard InChI is InChI=1S/C13H5Cl2F6N5OS/c14-5-1-4(12(16,17)18)2-6(15)7(5)11(22)9(28-13(19,20)21)8(24-26-11)10-23-3-27-25-10/h1-3H,22H2. The molecule has 0 aliphatic carbocycles. The fourth-order valence-corrected chi connectivity index (χ4v) is 3.86. The van der Waals surface area contributed by atoms with Crippen molar-refractivity contribution < 1.29 is 30.9 Å². The van der Waals surface area contributed by atoms with Crippen molar-refractivity contribution in [3.05, 3.63) is 50.4 Å². The van der Waals surface area contributed by atoms with E-state index in [1.54, 1.807) is 0 Å². The summed E-state index contributed by atoms with van der Waals surface area (Å²) >= 11 is 11.1. The molecule has 1 aromatic carbocycles. The maximum Gasteiger partial charge on any atom is 0.446 e. The Balaban J connectivity index is 2.21. The van der Waals surface area contributed by atoms with Gasteiger partial charge >= 0.3 is 11.7 Å². The predicted octanol–water partition coefficient (Wildman–Crippen LogP) is 5.59. The summed E-state index contributed by atoms with van der Waals surface area (Å²) in [6.45, 7) is 0. The minimum Gasteiger partial charge on any atom is -0.342 e. The number of azo groups is 1. The Morgan fingerprint density at radius 1 is 1.07 bits per heavy atom. The molecule has 0 amide bonds. The van der Waals surface area contributed by atoms with E-state index >= 15 is 0 Å². The minimum absolute atomic E-state index is 0.359. The SMILES string of the molecule is NC1(c2c(Cl)cc(C(F)(F)F)cc2Cl)N=NC(c2ncon2)=C1SC(F)(F)F. The van der Waals surface area contributed by atoms with Gasteiger partial charge in [0.2, 0.25) is 12.2 Å². The predicted molar refractivity (Wildman–Crippen MR) is 87.0 cm³/mol. The van der Waals surface area contributed by atoms with Crippen LogP contribution in [0.2, 0.25) is 10.0 Å². The van der Waals surface area contributed by atoms with E-state index in [4.69, 9.17) is 28.9 Å². The van der Waals surface area contributed by atoms with Crippen LogP contribution in [0.5, 0.6) is 0 Å². The van der Waals surface area contributed by atoms with Gasteiger partial charge in [0.05, 0.1) is 20.5 Å². The van der Waals surface area contributed by atoms with Crippen LogP contribution in [0.4, 0.5) is 26.3 Å². The second-order valence-electron chi connectivity index (χ2n) is 5.26. The van der Waals surface area contributed by atoms with Gasteiger partial charge in [-0.15, -0.1) is 5.11 Å². The van der Waals surface area contributed by atoms with Gasteiger partial charge in [-0.3, -0.25) is 5.73 Å². The Labute approximate surface area is 165 Å². The van der Waals surface area contributed by atoms with E-state index in [0.29, 0.717) is 12.1 Å². The number of halogens is 8. The molecule has 2 N–H and O–H groups in total. The molecule has 1 atom stereocenters. The first-order chi connectivity index (χ1) is 12.8. The lowest BCUT2D eigenvalue weighted by Crippen LogP contribution is -2.36. The summed E-state index contributed by atoms with van der Waals surface area (Å²) in [4.78, 5) is 2.86. The molecule has 1 aromatic heterocycles. The summed E-state index contributed by atoms with van der Waals surface area (Å²) in [6.07, 6.45) is -3.96. The van der Waals surface area contributed by atoms with Gasteiger partial charge in [-0.1, -0.05) is 28.4 Å². The van der Waals surface area contributed by atoms with Crippen LogP contribution in [0.1, 0.15) is 17.0 Å². The first-order valence-corrected chi connectivity index (χ1v) is 8.46. The summed E-state index contributed by atoms with van der Waals surface area (Å²) in [6, 6.07) is 0.963. The van der Waals surface area contributed by atoms with Gasteiger partial charge in [-0.05, 0) is 23.9 Å². The minimum atomic E-state index is -4.85. The average molecular weight is 464 g/mol. The van der Waals surface area contributed by atoms with Gasteiger partial charge in [0.1, 0.15) is 5.70 Å². The molecular formula is C13H5Cl2F6N5OS. The van der Waals surface area contributed by atoms with Gasteiger partial charge in [-0.2, -0.15) is 36.4 Å². The van der Waals surface area contributed by atoms with Crippen LogP contribution >= 0.6 is 35.0 Å². The Kier molecular flexibility index (Phi) is 5.15. The lowest BCUT2D eigenvalue weighted by atomic mass is 9.98. The van der Waals surface area contributed by atoms with Crippen molar-refractivity contribution in [2.24, 2.45) is 16.0 Å². The highest BCUT2D eigenvalue weighted by molar-refractivity contribution is 8.04. The molecule has 0 radical (unpaired) electrons. The number of hydrogen-bond donors (Lipinski definition) is 1. The molecule has 150 valence electrons. The molecule has 0 bridgehead atoms. The number of alkyl halides is 6. The number of nitrogens with two attached hydrogens (primary N) is 1. The quantitative estimate of drug-likeness (QED) is 0.598. The highest BCUT2D eigenvalue weighted by Crippen LogP contribution is 2.54. The summed E-state index contributed by atoms with van der Waals surface area (Å²) in [7, 11) is 0. The number of thioether (sulfide) groups is 1. The fraction of sp³-hybridized carbons (Fsp3) is 0.231. The normalized spacial score (nSPS) is 20.3. The molecule has 3 rings (SSSR count). The molecule has 6 nitrogen and oxygen atoms in total. The maximum atomic E-state index is 13.1. The van der Waals surface area contributed by atoms with Crippen molar-refractivity contribution in [2.45, 2.75) is 17.3 Å². The van der Waals surface area contributed by atoms with Crippen LogP contribution in [0.15, 0.2) is 38.2 Å². The summed E-state index contributed by atoms with van der Waals surface area (Å²) in [5, 5.41) is 9.25. The third-order valence-electron chi connectivity index (χ3n) is 3.41. The van der Waals surface area contributed by atoms with Crippen molar-refractivity contribution in [1.82, 2.24) is 10.1 Å². The molecule has 15 heteroatoms. The number of benzene rings is 1. The third kappa shape index (κ3) is 3.83. The van der Waals surface area contributed by atoms with Crippen LogP contribution in [0.3, 0.4) is 0 Å². The van der Waals surface area contributed by atoms with Crippen molar-refractivity contribution >= 4 is 40.7 Å². The first kappa shape index (κ1) is 20.9. The zero-order chi connectivity index (χ0) is 20.9. The molecule has 0 saturated heterocycles. The zero-order valence-electron chi connectivity index (χ0n) is 12.9. The molecule has 0 saturated carbocycles. The van der Waals surface area contributed by atoms with E-state index in [2.05, 4.69) is 24.9 Å². The average Bonchev–Trinajstić information content (AvgIpc) is 3.14. The lowest BCUT2D eigenvalue weighted by molar-refractivity contribution is -0.137. The zero-order valence-corrected chi connectivity index (χ0v) is 15.3. The van der Waals surface area contributed by atoms with Crippen LogP contribution in [0, 0.1) is 0 Å². The Hall–Kier alpha value is -1.83. The Bertz CT molecular complexity index is 952. The van der Waals surface area contributed by atoms with Crippen LogP contribution in [-0.2, 0) is 11.8 Å². The number of rotatable bonds is 3. The summed E-state index contributed by atoms with van der Waals surface area (Å²) < 4.78 is 82.6. The van der Waals surface area contributed by atoms with E-state index in [1.807, 2.05) is 0 Å². The Morgan fingerprint density at radius 2 is 1.68 bits per heavy atom. The second kappa shape index (κ2) is 6.90. The van der Waals surface area contributed by atoms with Crippen molar-refractivity contribution in [3.63, 3.8) is 0 Å². The molecule has 1 unspecified atom stereocenters. The van der Waals surface area contributed by atoms with E-state index in [1.165, 1.54) is 0 Å². The maximum absolute atomic E-state index is 13.1. The lowest BCUT2D eigenvalue weighted by Gasteiger charge is -2.26. The molecule has 1 aliphatic heterocycles. The Morgan fingerprint density at radius 3 is 2.14 bits per heavy atom. The molecule has 2 aromatic rings.